The summed E-state index contributed by atoms with van der Waals surface area (Å²) in [6.45, 7) is 3.70. The Labute approximate surface area is 94.0 Å². The summed E-state index contributed by atoms with van der Waals surface area (Å²) in [5.74, 6) is 0. The molecule has 2 rings (SSSR count). The molecule has 1 atom stereocenters. The van der Waals surface area contributed by atoms with Crippen LogP contribution >= 0.6 is 0 Å². The molecule has 1 aliphatic rings. The van der Waals surface area contributed by atoms with Crippen LogP contribution in [0.4, 0.5) is 11.4 Å². The molecular weight excluding hydrogens is 206 g/mol. The van der Waals surface area contributed by atoms with Crippen LogP contribution in [0.25, 0.3) is 0 Å². The summed E-state index contributed by atoms with van der Waals surface area (Å²) in [7, 11) is 0. The summed E-state index contributed by atoms with van der Waals surface area (Å²) in [5.41, 5.74) is 1.75. The molecular formula is C11H15N3O2. The highest BCUT2D eigenvalue weighted by Gasteiger charge is 2.18. The molecule has 0 aliphatic carbocycles. The summed E-state index contributed by atoms with van der Waals surface area (Å²) >= 11 is 0. The molecule has 5 nitrogen and oxygen atoms in total. The molecule has 16 heavy (non-hydrogen) atoms. The van der Waals surface area contributed by atoms with Crippen LogP contribution < -0.4 is 10.6 Å². The first kappa shape index (κ1) is 10.9. The first-order valence-corrected chi connectivity index (χ1v) is 5.40. The normalized spacial score (nSPS) is 19.7. The first-order valence-electron chi connectivity index (χ1n) is 5.40. The molecule has 0 radical (unpaired) electrons. The number of nitro benzene ring substituents is 1. The molecule has 86 valence electrons. The zero-order valence-corrected chi connectivity index (χ0v) is 9.19. The maximum Gasteiger partial charge on any atom is 0.274 e. The lowest BCUT2D eigenvalue weighted by molar-refractivity contribution is -0.385. The van der Waals surface area contributed by atoms with Crippen molar-refractivity contribution in [2.45, 2.75) is 19.4 Å². The van der Waals surface area contributed by atoms with Gasteiger partial charge in [0.15, 0.2) is 0 Å². The SMILES string of the molecule is Cc1c(NC2CCNC2)cccc1[N+](=O)[O-]. The van der Waals surface area contributed by atoms with E-state index in [0.29, 0.717) is 11.6 Å². The quantitative estimate of drug-likeness (QED) is 0.602. The highest BCUT2D eigenvalue weighted by molar-refractivity contribution is 5.60. The minimum Gasteiger partial charge on any atom is -0.381 e. The van der Waals surface area contributed by atoms with Crippen LogP contribution in [0.5, 0.6) is 0 Å². The summed E-state index contributed by atoms with van der Waals surface area (Å²) < 4.78 is 0. The van der Waals surface area contributed by atoms with Crippen LogP contribution in [-0.4, -0.2) is 24.1 Å². The van der Waals surface area contributed by atoms with Gasteiger partial charge in [-0.2, -0.15) is 0 Å². The molecule has 1 aliphatic heterocycles. The number of hydrogen-bond acceptors (Lipinski definition) is 4. The minimum atomic E-state index is -0.340. The van der Waals surface area contributed by atoms with Gasteiger partial charge in [0.05, 0.1) is 4.92 Å². The fraction of sp³-hybridized carbons (Fsp3) is 0.455. The largest absolute Gasteiger partial charge is 0.381 e. The second kappa shape index (κ2) is 4.49. The third-order valence-electron chi connectivity index (χ3n) is 2.92. The van der Waals surface area contributed by atoms with E-state index < -0.39 is 0 Å². The van der Waals surface area contributed by atoms with Crippen molar-refractivity contribution in [1.29, 1.82) is 0 Å². The Bertz CT molecular complexity index is 400. The van der Waals surface area contributed by atoms with E-state index in [-0.39, 0.29) is 10.6 Å². The first-order chi connectivity index (χ1) is 7.68. The minimum absolute atomic E-state index is 0.177. The Balaban J connectivity index is 2.20. The number of benzene rings is 1. The number of rotatable bonds is 3. The molecule has 5 heteroatoms. The van der Waals surface area contributed by atoms with Crippen LogP contribution in [-0.2, 0) is 0 Å². The number of anilines is 1. The highest BCUT2D eigenvalue weighted by Crippen LogP contribution is 2.26. The van der Waals surface area contributed by atoms with E-state index in [2.05, 4.69) is 10.6 Å². The zero-order valence-electron chi connectivity index (χ0n) is 9.19. The van der Waals surface area contributed by atoms with Crippen molar-refractivity contribution in [3.8, 4) is 0 Å². The molecule has 1 saturated heterocycles. The lowest BCUT2D eigenvalue weighted by Gasteiger charge is -2.14. The van der Waals surface area contributed by atoms with E-state index in [1.165, 1.54) is 6.07 Å². The number of nitrogens with one attached hydrogen (secondary N) is 2. The zero-order chi connectivity index (χ0) is 11.5. The maximum absolute atomic E-state index is 10.8. The Kier molecular flexibility index (Phi) is 3.05. The van der Waals surface area contributed by atoms with Crippen LogP contribution in [0, 0.1) is 17.0 Å². The summed E-state index contributed by atoms with van der Waals surface area (Å²) in [4.78, 5) is 10.4. The molecule has 0 amide bonds. The lowest BCUT2D eigenvalue weighted by Crippen LogP contribution is -2.22. The Morgan fingerprint density at radius 2 is 2.38 bits per heavy atom. The maximum atomic E-state index is 10.8. The molecule has 2 N–H and O–H groups in total. The summed E-state index contributed by atoms with van der Waals surface area (Å²) in [6.07, 6.45) is 1.06. The van der Waals surface area contributed by atoms with Gasteiger partial charge in [0.1, 0.15) is 0 Å². The molecule has 0 aromatic heterocycles. The van der Waals surface area contributed by atoms with Gasteiger partial charge in [0, 0.05) is 29.9 Å². The molecule has 1 aromatic carbocycles. The molecule has 1 unspecified atom stereocenters. The Hall–Kier alpha value is -1.62. The van der Waals surface area contributed by atoms with Crippen molar-refractivity contribution in [3.63, 3.8) is 0 Å². The monoisotopic (exact) mass is 221 g/mol. The fourth-order valence-corrected chi connectivity index (χ4v) is 1.98. The van der Waals surface area contributed by atoms with Gasteiger partial charge in [-0.05, 0) is 26.0 Å². The van der Waals surface area contributed by atoms with Crippen molar-refractivity contribution >= 4 is 11.4 Å². The van der Waals surface area contributed by atoms with Crippen molar-refractivity contribution in [1.82, 2.24) is 5.32 Å². The van der Waals surface area contributed by atoms with E-state index in [1.807, 2.05) is 6.07 Å². The average molecular weight is 221 g/mol. The molecule has 1 fully saturated rings. The van der Waals surface area contributed by atoms with Crippen molar-refractivity contribution in [3.05, 3.63) is 33.9 Å². The standard InChI is InChI=1S/C11H15N3O2/c1-8-10(13-9-5-6-12-7-9)3-2-4-11(8)14(15)16/h2-4,9,12-13H,5-7H2,1H3. The third kappa shape index (κ3) is 2.14. The number of nitro groups is 1. The van der Waals surface area contributed by atoms with Crippen LogP contribution in [0.1, 0.15) is 12.0 Å². The molecule has 0 saturated carbocycles. The number of hydrogen-bond donors (Lipinski definition) is 2. The van der Waals surface area contributed by atoms with Crippen LogP contribution in [0.3, 0.4) is 0 Å². The van der Waals surface area contributed by atoms with Gasteiger partial charge in [-0.3, -0.25) is 10.1 Å². The number of nitrogens with zero attached hydrogens (tertiary/aromatic N) is 1. The van der Waals surface area contributed by atoms with Gasteiger partial charge in [-0.1, -0.05) is 6.07 Å². The van der Waals surface area contributed by atoms with Crippen LogP contribution in [0.2, 0.25) is 0 Å². The van der Waals surface area contributed by atoms with Crippen molar-refractivity contribution in [2.75, 3.05) is 18.4 Å². The van der Waals surface area contributed by atoms with Gasteiger partial charge in [0.2, 0.25) is 0 Å². The predicted molar refractivity (Wildman–Crippen MR) is 62.7 cm³/mol. The summed E-state index contributed by atoms with van der Waals surface area (Å²) in [5, 5.41) is 17.4. The second-order valence-electron chi connectivity index (χ2n) is 4.04. The van der Waals surface area contributed by atoms with Gasteiger partial charge >= 0.3 is 0 Å². The van der Waals surface area contributed by atoms with E-state index in [1.54, 1.807) is 13.0 Å². The van der Waals surface area contributed by atoms with Gasteiger partial charge in [0.25, 0.3) is 5.69 Å². The van der Waals surface area contributed by atoms with E-state index in [9.17, 15) is 10.1 Å². The molecule has 1 heterocycles. The van der Waals surface area contributed by atoms with Gasteiger partial charge in [-0.25, -0.2) is 0 Å². The smallest absolute Gasteiger partial charge is 0.274 e. The molecule has 1 aromatic rings. The molecule has 0 bridgehead atoms. The van der Waals surface area contributed by atoms with E-state index in [4.69, 9.17) is 0 Å². The topological polar surface area (TPSA) is 67.2 Å². The van der Waals surface area contributed by atoms with E-state index >= 15 is 0 Å². The van der Waals surface area contributed by atoms with Gasteiger partial charge in [-0.15, -0.1) is 0 Å². The Morgan fingerprint density at radius 3 is 3.00 bits per heavy atom. The Morgan fingerprint density at radius 1 is 1.56 bits per heavy atom. The predicted octanol–water partition coefficient (Wildman–Crippen LogP) is 1.68. The average Bonchev–Trinajstić information content (AvgIpc) is 2.73. The van der Waals surface area contributed by atoms with Crippen molar-refractivity contribution < 1.29 is 4.92 Å². The second-order valence-corrected chi connectivity index (χ2v) is 4.04. The van der Waals surface area contributed by atoms with Crippen molar-refractivity contribution in [2.24, 2.45) is 0 Å². The van der Waals surface area contributed by atoms with E-state index in [0.717, 1.165) is 25.2 Å². The van der Waals surface area contributed by atoms with Crippen LogP contribution in [0.15, 0.2) is 18.2 Å². The fourth-order valence-electron chi connectivity index (χ4n) is 1.98. The highest BCUT2D eigenvalue weighted by atomic mass is 16.6. The van der Waals surface area contributed by atoms with Gasteiger partial charge < -0.3 is 10.6 Å². The lowest BCUT2D eigenvalue weighted by atomic mass is 10.1. The molecule has 0 spiro atoms. The third-order valence-corrected chi connectivity index (χ3v) is 2.92. The summed E-state index contributed by atoms with van der Waals surface area (Å²) in [6, 6.07) is 5.52.